The van der Waals surface area contributed by atoms with Crippen molar-refractivity contribution in [2.24, 2.45) is 19.1 Å². The molecule has 46 heavy (non-hydrogen) atoms. The Hall–Kier alpha value is -5.94. The number of benzene rings is 6. The highest BCUT2D eigenvalue weighted by atomic mass is 16.1. The molecule has 1 aliphatic rings. The maximum atomic E-state index is 12.6. The van der Waals surface area contributed by atoms with Crippen LogP contribution < -0.4 is 11.0 Å². The van der Waals surface area contributed by atoms with Crippen LogP contribution in [-0.2, 0) is 14.1 Å². The van der Waals surface area contributed by atoms with Crippen LogP contribution in [0, 0.1) is 0 Å². The number of aliphatic imine (C=N–C) groups is 1. The first-order chi connectivity index (χ1) is 22.5. The fourth-order valence-corrected chi connectivity index (χ4v) is 6.59. The van der Waals surface area contributed by atoms with Gasteiger partial charge in [-0.05, 0) is 68.4 Å². The first-order valence-electron chi connectivity index (χ1n) is 15.5. The number of aryl methyl sites for hydroxylation is 2. The number of nitrogens with zero attached hydrogens (tertiary/aromatic N) is 3. The van der Waals surface area contributed by atoms with Crippen molar-refractivity contribution in [3.63, 3.8) is 0 Å². The molecule has 8 rings (SSSR count). The molecule has 7 aromatic rings. The lowest BCUT2D eigenvalue weighted by Crippen LogP contribution is -2.25. The van der Waals surface area contributed by atoms with Gasteiger partial charge in [-0.25, -0.2) is 4.79 Å². The van der Waals surface area contributed by atoms with E-state index >= 15 is 0 Å². The van der Waals surface area contributed by atoms with E-state index in [9.17, 15) is 4.79 Å². The average molecular weight is 597 g/mol. The second-order valence-electron chi connectivity index (χ2n) is 11.8. The van der Waals surface area contributed by atoms with Crippen LogP contribution in [0.15, 0.2) is 155 Å². The molecule has 0 aliphatic carbocycles. The second-order valence-corrected chi connectivity index (χ2v) is 11.8. The van der Waals surface area contributed by atoms with Crippen LogP contribution in [0.2, 0.25) is 0 Å². The molecule has 1 unspecified atom stereocenters. The van der Waals surface area contributed by atoms with E-state index in [-0.39, 0.29) is 11.9 Å². The van der Waals surface area contributed by atoms with Gasteiger partial charge in [-0.1, -0.05) is 121 Å². The third-order valence-electron chi connectivity index (χ3n) is 9.02. The van der Waals surface area contributed by atoms with Crippen molar-refractivity contribution in [3.05, 3.63) is 173 Å². The third kappa shape index (κ3) is 4.74. The van der Waals surface area contributed by atoms with Gasteiger partial charge in [0.1, 0.15) is 6.17 Å². The molecular formula is C41H32N4O. The molecule has 0 fully saturated rings. The molecule has 0 amide bonds. The van der Waals surface area contributed by atoms with Gasteiger partial charge < -0.3 is 5.32 Å². The maximum Gasteiger partial charge on any atom is 0.328 e. The molecule has 2 heterocycles. The summed E-state index contributed by atoms with van der Waals surface area (Å²) < 4.78 is 3.39. The van der Waals surface area contributed by atoms with Crippen molar-refractivity contribution < 1.29 is 0 Å². The normalized spacial score (nSPS) is 14.6. The number of nitrogens with one attached hydrogen (secondary N) is 1. The van der Waals surface area contributed by atoms with Crippen molar-refractivity contribution in [1.82, 2.24) is 14.5 Å². The molecule has 5 nitrogen and oxygen atoms in total. The Balaban J connectivity index is 1.26. The first kappa shape index (κ1) is 27.6. The van der Waals surface area contributed by atoms with Crippen molar-refractivity contribution >= 4 is 33.2 Å². The molecule has 1 aliphatic heterocycles. The van der Waals surface area contributed by atoms with Crippen molar-refractivity contribution in [2.75, 3.05) is 0 Å². The lowest BCUT2D eigenvalue weighted by atomic mass is 9.92. The van der Waals surface area contributed by atoms with Gasteiger partial charge in [-0.15, -0.1) is 0 Å². The zero-order valence-electron chi connectivity index (χ0n) is 25.7. The predicted octanol–water partition coefficient (Wildman–Crippen LogP) is 8.50. The Bertz CT molecular complexity index is 2380. The van der Waals surface area contributed by atoms with Crippen LogP contribution in [0.4, 0.5) is 0 Å². The van der Waals surface area contributed by atoms with E-state index in [1.54, 1.807) is 9.13 Å². The Kier molecular flexibility index (Phi) is 6.72. The molecule has 222 valence electrons. The Labute approximate surface area is 267 Å². The molecular weight excluding hydrogens is 564 g/mol. The SMILES string of the molecule is Cn1c(=O)n(C)c2cc(-c3cccc(C4=CC(c5ccc(-c6ccccc6)c6ccccc56)=NC(c5ccccc5)N4)c3)ccc21. The van der Waals surface area contributed by atoms with Gasteiger partial charge in [-0.3, -0.25) is 14.1 Å². The largest absolute Gasteiger partial charge is 0.360 e. The van der Waals surface area contributed by atoms with Crippen molar-refractivity contribution in [1.29, 1.82) is 0 Å². The van der Waals surface area contributed by atoms with E-state index in [1.807, 2.05) is 26.2 Å². The molecule has 0 saturated heterocycles. The van der Waals surface area contributed by atoms with Gasteiger partial charge in [0.2, 0.25) is 0 Å². The molecule has 5 heteroatoms. The highest BCUT2D eigenvalue weighted by Gasteiger charge is 2.21. The second kappa shape index (κ2) is 11.2. The van der Waals surface area contributed by atoms with Crippen molar-refractivity contribution in [2.45, 2.75) is 6.17 Å². The molecule has 0 bridgehead atoms. The van der Waals surface area contributed by atoms with Gasteiger partial charge in [0.05, 0.1) is 16.7 Å². The average Bonchev–Trinajstić information content (AvgIpc) is 3.34. The lowest BCUT2D eigenvalue weighted by molar-refractivity contribution is 0.664. The van der Waals surface area contributed by atoms with Gasteiger partial charge in [0, 0.05) is 25.4 Å². The zero-order valence-corrected chi connectivity index (χ0v) is 25.7. The van der Waals surface area contributed by atoms with Crippen LogP contribution in [0.1, 0.15) is 22.9 Å². The highest BCUT2D eigenvalue weighted by molar-refractivity contribution is 6.20. The van der Waals surface area contributed by atoms with Gasteiger partial charge in [-0.2, -0.15) is 0 Å². The minimum absolute atomic E-state index is 0.0273. The van der Waals surface area contributed by atoms with E-state index in [0.717, 1.165) is 50.3 Å². The summed E-state index contributed by atoms with van der Waals surface area (Å²) in [7, 11) is 3.63. The number of hydrogen-bond acceptors (Lipinski definition) is 3. The summed E-state index contributed by atoms with van der Waals surface area (Å²) in [5, 5.41) is 6.09. The smallest absolute Gasteiger partial charge is 0.328 e. The highest BCUT2D eigenvalue weighted by Crippen LogP contribution is 2.34. The van der Waals surface area contributed by atoms with Gasteiger partial charge in [0.15, 0.2) is 0 Å². The summed E-state index contributed by atoms with van der Waals surface area (Å²) >= 11 is 0. The number of aromatic nitrogens is 2. The Morgan fingerprint density at radius 1 is 0.565 bits per heavy atom. The van der Waals surface area contributed by atoms with Crippen LogP contribution in [0.5, 0.6) is 0 Å². The fourth-order valence-electron chi connectivity index (χ4n) is 6.59. The Morgan fingerprint density at radius 3 is 1.96 bits per heavy atom. The minimum Gasteiger partial charge on any atom is -0.360 e. The predicted molar refractivity (Wildman–Crippen MR) is 190 cm³/mol. The summed E-state index contributed by atoms with van der Waals surface area (Å²) in [6.45, 7) is 0. The van der Waals surface area contributed by atoms with Crippen molar-refractivity contribution in [3.8, 4) is 22.3 Å². The number of fused-ring (bicyclic) bond motifs is 2. The van der Waals surface area contributed by atoms with E-state index in [1.165, 1.54) is 21.9 Å². The number of rotatable bonds is 5. The Morgan fingerprint density at radius 2 is 1.17 bits per heavy atom. The minimum atomic E-state index is -0.248. The summed E-state index contributed by atoms with van der Waals surface area (Å²) in [5.41, 5.74) is 11.5. The monoisotopic (exact) mass is 596 g/mol. The molecule has 1 atom stereocenters. The van der Waals surface area contributed by atoms with E-state index < -0.39 is 0 Å². The number of imidazole rings is 1. The molecule has 0 spiro atoms. The van der Waals surface area contributed by atoms with Gasteiger partial charge >= 0.3 is 5.69 Å². The van der Waals surface area contributed by atoms with Crippen LogP contribution >= 0.6 is 0 Å². The lowest BCUT2D eigenvalue weighted by Gasteiger charge is -2.26. The van der Waals surface area contributed by atoms with Crippen LogP contribution in [0.25, 0.3) is 49.8 Å². The number of hydrogen-bond donors (Lipinski definition) is 1. The third-order valence-corrected chi connectivity index (χ3v) is 9.02. The number of allylic oxidation sites excluding steroid dienone is 1. The summed E-state index contributed by atoms with van der Waals surface area (Å²) in [4.78, 5) is 17.8. The summed E-state index contributed by atoms with van der Waals surface area (Å²) in [6, 6.07) is 48.7. The standard InChI is InChI=1S/C41H32N4O/c1-44-38-23-20-30(25-39(38)45(2)41(44)46)29-16-11-17-31(24-29)36-26-37(43-40(42-36)28-14-7-4-8-15-28)35-22-21-32(27-12-5-3-6-13-27)33-18-9-10-19-34(33)35/h3-26,40,42H,1-2H3. The molecule has 0 radical (unpaired) electrons. The molecule has 1 N–H and O–H groups in total. The zero-order chi connectivity index (χ0) is 31.2. The van der Waals surface area contributed by atoms with E-state index in [2.05, 4.69) is 139 Å². The fraction of sp³-hybridized carbons (Fsp3) is 0.0732. The quantitative estimate of drug-likeness (QED) is 0.217. The maximum absolute atomic E-state index is 12.6. The first-order valence-corrected chi connectivity index (χ1v) is 15.5. The van der Waals surface area contributed by atoms with E-state index in [0.29, 0.717) is 0 Å². The topological polar surface area (TPSA) is 51.3 Å². The molecule has 0 saturated carbocycles. The molecule has 1 aromatic heterocycles. The molecule has 6 aromatic carbocycles. The van der Waals surface area contributed by atoms with Crippen LogP contribution in [0.3, 0.4) is 0 Å². The van der Waals surface area contributed by atoms with Gasteiger partial charge in [0.25, 0.3) is 0 Å². The summed E-state index contributed by atoms with van der Waals surface area (Å²) in [5.74, 6) is 0. The van der Waals surface area contributed by atoms with E-state index in [4.69, 9.17) is 4.99 Å². The summed E-state index contributed by atoms with van der Waals surface area (Å²) in [6.07, 6.45) is 1.93. The van der Waals surface area contributed by atoms with Crippen LogP contribution in [-0.4, -0.2) is 14.8 Å².